The maximum Gasteiger partial charge on any atom is 0.266 e. The van der Waals surface area contributed by atoms with Gasteiger partial charge in [-0.2, -0.15) is 0 Å². The number of hydrogen-bond donors (Lipinski definition) is 1. The number of nitrogens with one attached hydrogen (secondary N) is 1. The highest BCUT2D eigenvalue weighted by Crippen LogP contribution is 2.21. The van der Waals surface area contributed by atoms with E-state index in [4.69, 9.17) is 0 Å². The van der Waals surface area contributed by atoms with E-state index in [1.165, 1.54) is 0 Å². The molecule has 1 N–H and O–H groups in total. The fourth-order valence-electron chi connectivity index (χ4n) is 1.94. The molecule has 3 heteroatoms. The molecular weight excluding hydrogens is 212 g/mol. The van der Waals surface area contributed by atoms with Crippen LogP contribution in [0.2, 0.25) is 0 Å². The lowest BCUT2D eigenvalue weighted by Gasteiger charge is -2.15. The lowest BCUT2D eigenvalue weighted by atomic mass is 9.99. The van der Waals surface area contributed by atoms with Gasteiger partial charge >= 0.3 is 0 Å². The molecule has 0 aliphatic heterocycles. The smallest absolute Gasteiger partial charge is 0.266 e. The highest BCUT2D eigenvalue weighted by molar-refractivity contribution is 6.08. The fraction of sp³-hybridized carbons (Fsp3) is 0.214. The van der Waals surface area contributed by atoms with Crippen molar-refractivity contribution >= 4 is 16.7 Å². The molecule has 2 aromatic rings. The number of carbonyl (C=O) groups excluding carboxylic acids is 1. The summed E-state index contributed by atoms with van der Waals surface area (Å²) in [6.07, 6.45) is 0. The Labute approximate surface area is 101 Å². The summed E-state index contributed by atoms with van der Waals surface area (Å²) in [5.41, 5.74) is 4.52. The van der Waals surface area contributed by atoms with Crippen LogP contribution in [0.1, 0.15) is 15.9 Å². The lowest BCUT2D eigenvalue weighted by molar-refractivity contribution is 0.0858. The van der Waals surface area contributed by atoms with Crippen molar-refractivity contribution in [1.82, 2.24) is 10.4 Å². The summed E-state index contributed by atoms with van der Waals surface area (Å²) >= 11 is 0. The van der Waals surface area contributed by atoms with E-state index < -0.39 is 0 Å². The minimum Gasteiger partial charge on any atom is -0.285 e. The number of amides is 1. The van der Waals surface area contributed by atoms with Crippen LogP contribution in [-0.2, 0) is 0 Å². The monoisotopic (exact) mass is 228 g/mol. The van der Waals surface area contributed by atoms with Crippen LogP contribution < -0.4 is 5.43 Å². The molecule has 0 aliphatic carbocycles. The Bertz CT molecular complexity index is 561. The molecule has 0 heterocycles. The molecule has 0 spiro atoms. The number of hydrazine groups is 1. The maximum atomic E-state index is 12.1. The molecular formula is C14H16N2O. The summed E-state index contributed by atoms with van der Waals surface area (Å²) in [6.45, 7) is 1.96. The Kier molecular flexibility index (Phi) is 3.11. The highest BCUT2D eigenvalue weighted by atomic mass is 16.2. The average Bonchev–Trinajstić information content (AvgIpc) is 2.27. The summed E-state index contributed by atoms with van der Waals surface area (Å²) in [6, 6.07) is 11.9. The van der Waals surface area contributed by atoms with E-state index in [0.29, 0.717) is 0 Å². The summed E-state index contributed by atoms with van der Waals surface area (Å²) in [5.74, 6) is -0.0655. The average molecular weight is 228 g/mol. The summed E-state index contributed by atoms with van der Waals surface area (Å²) < 4.78 is 0. The minimum atomic E-state index is -0.0655. The second-order valence-corrected chi connectivity index (χ2v) is 4.31. The molecule has 3 nitrogen and oxygen atoms in total. The molecule has 2 aromatic carbocycles. The Morgan fingerprint density at radius 1 is 1.12 bits per heavy atom. The number of carbonyl (C=O) groups is 1. The zero-order chi connectivity index (χ0) is 12.4. The fourth-order valence-corrected chi connectivity index (χ4v) is 1.94. The molecule has 0 saturated heterocycles. The number of benzene rings is 2. The van der Waals surface area contributed by atoms with Crippen LogP contribution in [0.25, 0.3) is 10.8 Å². The van der Waals surface area contributed by atoms with Gasteiger partial charge in [0.1, 0.15) is 0 Å². The van der Waals surface area contributed by atoms with Gasteiger partial charge in [0.2, 0.25) is 0 Å². The van der Waals surface area contributed by atoms with E-state index in [9.17, 15) is 4.79 Å². The van der Waals surface area contributed by atoms with E-state index in [-0.39, 0.29) is 5.91 Å². The molecule has 0 saturated carbocycles. The van der Waals surface area contributed by atoms with Crippen LogP contribution in [0.3, 0.4) is 0 Å². The van der Waals surface area contributed by atoms with Gasteiger partial charge in [-0.1, -0.05) is 36.4 Å². The van der Waals surface area contributed by atoms with Crippen molar-refractivity contribution in [3.63, 3.8) is 0 Å². The molecule has 0 unspecified atom stereocenters. The first-order chi connectivity index (χ1) is 8.09. The van der Waals surface area contributed by atoms with Crippen molar-refractivity contribution in [1.29, 1.82) is 0 Å². The van der Waals surface area contributed by atoms with Gasteiger partial charge in [-0.25, -0.2) is 5.01 Å². The van der Waals surface area contributed by atoms with Crippen molar-refractivity contribution in [3.8, 4) is 0 Å². The van der Waals surface area contributed by atoms with Crippen LogP contribution in [-0.4, -0.2) is 25.0 Å². The minimum absolute atomic E-state index is 0.0655. The summed E-state index contributed by atoms with van der Waals surface area (Å²) in [5, 5.41) is 3.73. The number of rotatable bonds is 2. The third-order valence-corrected chi connectivity index (χ3v) is 2.69. The Morgan fingerprint density at radius 2 is 1.82 bits per heavy atom. The van der Waals surface area contributed by atoms with Crippen molar-refractivity contribution in [2.75, 3.05) is 14.1 Å². The van der Waals surface area contributed by atoms with Gasteiger partial charge in [0.05, 0.1) is 5.56 Å². The molecule has 0 atom stereocenters. The maximum absolute atomic E-state index is 12.1. The van der Waals surface area contributed by atoms with Crippen molar-refractivity contribution in [2.45, 2.75) is 6.92 Å². The van der Waals surface area contributed by atoms with Crippen molar-refractivity contribution in [3.05, 3.63) is 47.5 Å². The predicted octanol–water partition coefficient (Wildman–Crippen LogP) is 2.35. The largest absolute Gasteiger partial charge is 0.285 e. The Morgan fingerprint density at radius 3 is 2.53 bits per heavy atom. The molecule has 0 aliphatic rings. The molecule has 1 amide bonds. The van der Waals surface area contributed by atoms with Gasteiger partial charge in [0.15, 0.2) is 0 Å². The third-order valence-electron chi connectivity index (χ3n) is 2.69. The normalized spacial score (nSPS) is 10.8. The second kappa shape index (κ2) is 4.55. The predicted molar refractivity (Wildman–Crippen MR) is 69.8 cm³/mol. The third kappa shape index (κ3) is 2.29. The molecule has 0 radical (unpaired) electrons. The summed E-state index contributed by atoms with van der Waals surface area (Å²) in [7, 11) is 3.61. The Balaban J connectivity index is 2.58. The van der Waals surface area contributed by atoms with Gasteiger partial charge < -0.3 is 0 Å². The lowest BCUT2D eigenvalue weighted by Crippen LogP contribution is -2.36. The SMILES string of the molecule is Cc1ccc2ccccc2c1C(=O)NN(C)C. The van der Waals surface area contributed by atoms with Gasteiger partial charge in [0.25, 0.3) is 5.91 Å². The first-order valence-corrected chi connectivity index (χ1v) is 5.56. The van der Waals surface area contributed by atoms with Gasteiger partial charge in [-0.3, -0.25) is 10.2 Å². The second-order valence-electron chi connectivity index (χ2n) is 4.31. The molecule has 88 valence electrons. The van der Waals surface area contributed by atoms with Gasteiger partial charge in [0, 0.05) is 14.1 Å². The van der Waals surface area contributed by atoms with Crippen molar-refractivity contribution < 1.29 is 4.79 Å². The van der Waals surface area contributed by atoms with E-state index in [2.05, 4.69) is 5.43 Å². The number of hydrogen-bond acceptors (Lipinski definition) is 2. The molecule has 17 heavy (non-hydrogen) atoms. The summed E-state index contributed by atoms with van der Waals surface area (Å²) in [4.78, 5) is 12.1. The zero-order valence-corrected chi connectivity index (χ0v) is 10.3. The standard InChI is InChI=1S/C14H16N2O/c1-10-8-9-11-6-4-5-7-12(11)13(10)14(17)15-16(2)3/h4-9H,1-3H3,(H,15,17). The van der Waals surface area contributed by atoms with Crippen LogP contribution in [0.5, 0.6) is 0 Å². The molecule has 0 bridgehead atoms. The molecule has 2 rings (SSSR count). The van der Waals surface area contributed by atoms with E-state index in [1.54, 1.807) is 19.1 Å². The van der Waals surface area contributed by atoms with Crippen LogP contribution in [0.15, 0.2) is 36.4 Å². The first-order valence-electron chi connectivity index (χ1n) is 5.56. The molecule has 0 aromatic heterocycles. The van der Waals surface area contributed by atoms with E-state index in [1.807, 2.05) is 43.3 Å². The van der Waals surface area contributed by atoms with Gasteiger partial charge in [-0.15, -0.1) is 0 Å². The van der Waals surface area contributed by atoms with E-state index in [0.717, 1.165) is 21.9 Å². The first kappa shape index (κ1) is 11.6. The van der Waals surface area contributed by atoms with E-state index >= 15 is 0 Å². The quantitative estimate of drug-likeness (QED) is 0.800. The Hall–Kier alpha value is -1.87. The zero-order valence-electron chi connectivity index (χ0n) is 10.3. The highest BCUT2D eigenvalue weighted by Gasteiger charge is 2.13. The van der Waals surface area contributed by atoms with Crippen LogP contribution >= 0.6 is 0 Å². The van der Waals surface area contributed by atoms with Gasteiger partial charge in [-0.05, 0) is 23.3 Å². The topological polar surface area (TPSA) is 32.3 Å². The molecule has 0 fully saturated rings. The number of nitrogens with zero attached hydrogens (tertiary/aromatic N) is 1. The van der Waals surface area contributed by atoms with Crippen LogP contribution in [0.4, 0.5) is 0 Å². The van der Waals surface area contributed by atoms with Crippen molar-refractivity contribution in [2.24, 2.45) is 0 Å². The number of fused-ring (bicyclic) bond motifs is 1. The van der Waals surface area contributed by atoms with Crippen LogP contribution in [0, 0.1) is 6.92 Å². The number of aryl methyl sites for hydroxylation is 1.